The molecule has 194 valence electrons. The standard InChI is InChI=1S/C31H34O6/c1-8-23-28(24(16-26-29(23)37-18-36-26)35-17-21-12-10-9-11-13-21)27-22(14-20(4)19(2)3)15-25(32-5)30(33-6)31(27)34-7/h8-13,15-16,20H,1-2,14,17-18H2,3-7H3. The number of ether oxygens (including phenoxy) is 6. The van der Waals surface area contributed by atoms with Gasteiger partial charge in [0.25, 0.3) is 0 Å². The average molecular weight is 503 g/mol. The van der Waals surface area contributed by atoms with Gasteiger partial charge in [-0.1, -0.05) is 62.1 Å². The lowest BCUT2D eigenvalue weighted by atomic mass is 9.86. The molecule has 1 aliphatic heterocycles. The van der Waals surface area contributed by atoms with Crippen LogP contribution in [0.25, 0.3) is 17.2 Å². The SMILES string of the molecule is C=Cc1c2c(cc(OCc3ccccc3)c1-c1c(CC(C)C(=C)C)cc(OC)c(OC)c1OC)OCO2. The third-order valence-corrected chi connectivity index (χ3v) is 6.63. The van der Waals surface area contributed by atoms with Gasteiger partial charge in [-0.15, -0.1) is 0 Å². The minimum atomic E-state index is 0.125. The third-order valence-electron chi connectivity index (χ3n) is 6.63. The maximum absolute atomic E-state index is 6.45. The number of hydrogen-bond donors (Lipinski definition) is 0. The van der Waals surface area contributed by atoms with Crippen molar-refractivity contribution < 1.29 is 28.4 Å². The van der Waals surface area contributed by atoms with E-state index >= 15 is 0 Å². The van der Waals surface area contributed by atoms with E-state index in [4.69, 9.17) is 28.4 Å². The highest BCUT2D eigenvalue weighted by atomic mass is 16.7. The highest BCUT2D eigenvalue weighted by Gasteiger charge is 2.31. The Morgan fingerprint density at radius 2 is 1.70 bits per heavy atom. The van der Waals surface area contributed by atoms with Gasteiger partial charge < -0.3 is 28.4 Å². The molecule has 37 heavy (non-hydrogen) atoms. The predicted octanol–water partition coefficient (Wildman–Crippen LogP) is 7.08. The van der Waals surface area contributed by atoms with Crippen molar-refractivity contribution in [2.75, 3.05) is 28.1 Å². The van der Waals surface area contributed by atoms with Crippen molar-refractivity contribution in [2.24, 2.45) is 5.92 Å². The van der Waals surface area contributed by atoms with E-state index in [1.807, 2.05) is 49.4 Å². The first-order chi connectivity index (χ1) is 17.9. The number of methoxy groups -OCH3 is 3. The predicted molar refractivity (Wildman–Crippen MR) is 146 cm³/mol. The fraction of sp³-hybridized carbons (Fsp3) is 0.290. The molecule has 6 heteroatoms. The molecule has 0 radical (unpaired) electrons. The summed E-state index contributed by atoms with van der Waals surface area (Å²) in [6, 6.07) is 13.9. The molecule has 0 fully saturated rings. The first-order valence-corrected chi connectivity index (χ1v) is 12.2. The fourth-order valence-corrected chi connectivity index (χ4v) is 4.49. The molecule has 3 aromatic rings. The van der Waals surface area contributed by atoms with Crippen LogP contribution in [0.1, 0.15) is 30.5 Å². The second-order valence-electron chi connectivity index (χ2n) is 9.01. The van der Waals surface area contributed by atoms with Crippen LogP contribution in [0.4, 0.5) is 0 Å². The Kier molecular flexibility index (Phi) is 7.97. The zero-order valence-electron chi connectivity index (χ0n) is 22.2. The molecule has 0 spiro atoms. The van der Waals surface area contributed by atoms with Crippen LogP contribution >= 0.6 is 0 Å². The molecule has 3 aromatic carbocycles. The number of rotatable bonds is 11. The highest BCUT2D eigenvalue weighted by molar-refractivity contribution is 5.92. The molecule has 0 saturated carbocycles. The van der Waals surface area contributed by atoms with Crippen LogP contribution in [0.5, 0.6) is 34.5 Å². The minimum absolute atomic E-state index is 0.125. The Hall–Kier alpha value is -4.06. The van der Waals surface area contributed by atoms with Crippen LogP contribution in [0.3, 0.4) is 0 Å². The van der Waals surface area contributed by atoms with Crippen LogP contribution in [-0.2, 0) is 13.0 Å². The van der Waals surface area contributed by atoms with Crippen LogP contribution in [0, 0.1) is 5.92 Å². The van der Waals surface area contributed by atoms with E-state index in [-0.39, 0.29) is 12.7 Å². The summed E-state index contributed by atoms with van der Waals surface area (Å²) in [6.45, 7) is 13.0. The van der Waals surface area contributed by atoms with Crippen molar-refractivity contribution in [3.05, 3.63) is 77.9 Å². The van der Waals surface area contributed by atoms with E-state index in [9.17, 15) is 0 Å². The Morgan fingerprint density at radius 3 is 2.32 bits per heavy atom. The fourth-order valence-electron chi connectivity index (χ4n) is 4.49. The topological polar surface area (TPSA) is 55.4 Å². The summed E-state index contributed by atoms with van der Waals surface area (Å²) in [5.74, 6) is 3.67. The Balaban J connectivity index is 2.02. The molecule has 0 N–H and O–H groups in total. The Morgan fingerprint density at radius 1 is 0.973 bits per heavy atom. The molecule has 6 nitrogen and oxygen atoms in total. The van der Waals surface area contributed by atoms with Crippen molar-refractivity contribution in [1.82, 2.24) is 0 Å². The van der Waals surface area contributed by atoms with Crippen molar-refractivity contribution in [3.8, 4) is 45.6 Å². The number of hydrogen-bond acceptors (Lipinski definition) is 6. The lowest BCUT2D eigenvalue weighted by Gasteiger charge is -2.25. The van der Waals surface area contributed by atoms with E-state index in [1.54, 1.807) is 27.4 Å². The zero-order valence-corrected chi connectivity index (χ0v) is 22.2. The highest BCUT2D eigenvalue weighted by Crippen LogP contribution is 2.54. The van der Waals surface area contributed by atoms with Gasteiger partial charge in [-0.25, -0.2) is 0 Å². The first-order valence-electron chi connectivity index (χ1n) is 12.2. The van der Waals surface area contributed by atoms with Gasteiger partial charge in [0, 0.05) is 22.8 Å². The summed E-state index contributed by atoms with van der Waals surface area (Å²) in [5, 5.41) is 0. The molecule has 0 amide bonds. The molecule has 4 rings (SSSR count). The monoisotopic (exact) mass is 502 g/mol. The van der Waals surface area contributed by atoms with Crippen LogP contribution in [-0.4, -0.2) is 28.1 Å². The molecule has 1 unspecified atom stereocenters. The van der Waals surface area contributed by atoms with Crippen LogP contribution in [0.15, 0.2) is 61.2 Å². The summed E-state index contributed by atoms with van der Waals surface area (Å²) < 4.78 is 35.5. The van der Waals surface area contributed by atoms with Crippen molar-refractivity contribution in [3.63, 3.8) is 0 Å². The molecule has 1 heterocycles. The van der Waals surface area contributed by atoms with E-state index in [0.29, 0.717) is 47.5 Å². The molecular weight excluding hydrogens is 468 g/mol. The summed E-state index contributed by atoms with van der Waals surface area (Å²) in [7, 11) is 4.84. The third kappa shape index (κ3) is 5.10. The van der Waals surface area contributed by atoms with Gasteiger partial charge in [-0.05, 0) is 36.5 Å². The van der Waals surface area contributed by atoms with E-state index in [2.05, 4.69) is 20.1 Å². The molecular formula is C31H34O6. The molecule has 0 aliphatic carbocycles. The molecule has 0 bridgehead atoms. The van der Waals surface area contributed by atoms with Gasteiger partial charge >= 0.3 is 0 Å². The van der Waals surface area contributed by atoms with Gasteiger partial charge in [0.15, 0.2) is 23.0 Å². The maximum atomic E-state index is 6.45. The maximum Gasteiger partial charge on any atom is 0.231 e. The van der Waals surface area contributed by atoms with Gasteiger partial charge in [0.2, 0.25) is 12.5 Å². The quantitative estimate of drug-likeness (QED) is 0.261. The van der Waals surface area contributed by atoms with Gasteiger partial charge in [0.1, 0.15) is 12.4 Å². The van der Waals surface area contributed by atoms with E-state index in [0.717, 1.165) is 33.4 Å². The first kappa shape index (κ1) is 26.0. The second kappa shape index (κ2) is 11.3. The summed E-state index contributed by atoms with van der Waals surface area (Å²) in [4.78, 5) is 0. The second-order valence-corrected chi connectivity index (χ2v) is 9.01. The van der Waals surface area contributed by atoms with E-state index < -0.39 is 0 Å². The number of allylic oxidation sites excluding steroid dienone is 1. The van der Waals surface area contributed by atoms with Gasteiger partial charge in [0.05, 0.1) is 21.3 Å². The number of benzene rings is 3. The lowest BCUT2D eigenvalue weighted by molar-refractivity contribution is 0.173. The summed E-state index contributed by atoms with van der Waals surface area (Å²) in [6.07, 6.45) is 2.46. The van der Waals surface area contributed by atoms with Crippen LogP contribution in [0.2, 0.25) is 0 Å². The Labute approximate surface area is 219 Å². The van der Waals surface area contributed by atoms with E-state index in [1.165, 1.54) is 0 Å². The molecule has 0 aromatic heterocycles. The lowest BCUT2D eigenvalue weighted by Crippen LogP contribution is -2.07. The molecule has 1 aliphatic rings. The molecule has 0 saturated heterocycles. The van der Waals surface area contributed by atoms with Crippen molar-refractivity contribution in [1.29, 1.82) is 0 Å². The van der Waals surface area contributed by atoms with Crippen molar-refractivity contribution >= 4 is 6.08 Å². The van der Waals surface area contributed by atoms with Crippen LogP contribution < -0.4 is 28.4 Å². The normalized spacial score (nSPS) is 12.6. The molecule has 1 atom stereocenters. The largest absolute Gasteiger partial charge is 0.493 e. The summed E-state index contributed by atoms with van der Waals surface area (Å²) in [5.41, 5.74) is 5.49. The average Bonchev–Trinajstić information content (AvgIpc) is 3.39. The van der Waals surface area contributed by atoms with Gasteiger partial charge in [-0.3, -0.25) is 0 Å². The Bertz CT molecular complexity index is 1300. The minimum Gasteiger partial charge on any atom is -0.493 e. The smallest absolute Gasteiger partial charge is 0.231 e. The number of fused-ring (bicyclic) bond motifs is 1. The van der Waals surface area contributed by atoms with Crippen molar-refractivity contribution in [2.45, 2.75) is 26.9 Å². The zero-order chi connectivity index (χ0) is 26.5. The van der Waals surface area contributed by atoms with Gasteiger partial charge in [-0.2, -0.15) is 0 Å². The summed E-state index contributed by atoms with van der Waals surface area (Å²) >= 11 is 0.